The molecule has 2 aromatic rings. The van der Waals surface area contributed by atoms with Gasteiger partial charge in [0.1, 0.15) is 11.6 Å². The van der Waals surface area contributed by atoms with Crippen LogP contribution in [0.5, 0.6) is 5.75 Å². The summed E-state index contributed by atoms with van der Waals surface area (Å²) in [6.45, 7) is 2.28. The third kappa shape index (κ3) is 2.60. The Kier molecular flexibility index (Phi) is 3.35. The summed E-state index contributed by atoms with van der Waals surface area (Å²) in [4.78, 5) is 8.66. The number of methoxy groups -OCH3 is 1. The molecular weight excluding hydrogens is 214 g/mol. The predicted molar refractivity (Wildman–Crippen MR) is 66.6 cm³/mol. The van der Waals surface area contributed by atoms with E-state index in [1.165, 1.54) is 0 Å². The van der Waals surface area contributed by atoms with Crippen LogP contribution in [0.4, 0.5) is 0 Å². The normalized spacial score (nSPS) is 10.3. The fourth-order valence-electron chi connectivity index (χ4n) is 1.65. The molecule has 0 bridgehead atoms. The van der Waals surface area contributed by atoms with E-state index in [2.05, 4.69) is 9.97 Å². The van der Waals surface area contributed by atoms with Crippen LogP contribution in [0.2, 0.25) is 0 Å². The van der Waals surface area contributed by atoms with Crippen LogP contribution in [0.3, 0.4) is 0 Å². The maximum absolute atomic E-state index is 5.57. The molecule has 0 aliphatic carbocycles. The maximum Gasteiger partial charge on any atom is 0.142 e. The summed E-state index contributed by atoms with van der Waals surface area (Å²) in [6, 6.07) is 9.72. The number of nitrogens with two attached hydrogens (primary N) is 1. The minimum Gasteiger partial charge on any atom is -0.497 e. The summed E-state index contributed by atoms with van der Waals surface area (Å²) in [7, 11) is 1.65. The zero-order valence-electron chi connectivity index (χ0n) is 9.97. The maximum atomic E-state index is 5.57. The summed E-state index contributed by atoms with van der Waals surface area (Å²) in [5.74, 6) is 1.47. The van der Waals surface area contributed by atoms with Crippen molar-refractivity contribution in [2.75, 3.05) is 7.11 Å². The fraction of sp³-hybridized carbons (Fsp3) is 0.231. The van der Waals surface area contributed by atoms with E-state index >= 15 is 0 Å². The van der Waals surface area contributed by atoms with Gasteiger partial charge in [-0.2, -0.15) is 0 Å². The molecule has 2 rings (SSSR count). The average Bonchev–Trinajstić information content (AvgIpc) is 2.38. The fourth-order valence-corrected chi connectivity index (χ4v) is 1.65. The van der Waals surface area contributed by atoms with Gasteiger partial charge >= 0.3 is 0 Å². The monoisotopic (exact) mass is 229 g/mol. The number of benzene rings is 1. The minimum absolute atomic E-state index is 0.346. The molecule has 4 heteroatoms. The number of nitrogens with zero attached hydrogens (tertiary/aromatic N) is 2. The van der Waals surface area contributed by atoms with Crippen LogP contribution < -0.4 is 10.5 Å². The number of aryl methyl sites for hydroxylation is 1. The van der Waals surface area contributed by atoms with Gasteiger partial charge in [0.15, 0.2) is 0 Å². The minimum atomic E-state index is 0.346. The van der Waals surface area contributed by atoms with Gasteiger partial charge in [0.05, 0.1) is 19.3 Å². The Labute approximate surface area is 100 Å². The molecule has 0 unspecified atom stereocenters. The highest BCUT2D eigenvalue weighted by molar-refractivity contribution is 5.61. The largest absolute Gasteiger partial charge is 0.497 e. The van der Waals surface area contributed by atoms with Crippen molar-refractivity contribution in [2.24, 2.45) is 5.73 Å². The summed E-state index contributed by atoms with van der Waals surface area (Å²) in [6.07, 6.45) is 0. The first kappa shape index (κ1) is 11.5. The summed E-state index contributed by atoms with van der Waals surface area (Å²) in [5, 5.41) is 0. The number of ether oxygens (including phenoxy) is 1. The van der Waals surface area contributed by atoms with Crippen LogP contribution in [-0.4, -0.2) is 17.1 Å². The van der Waals surface area contributed by atoms with E-state index in [1.807, 2.05) is 37.3 Å². The third-order valence-corrected chi connectivity index (χ3v) is 2.45. The summed E-state index contributed by atoms with van der Waals surface area (Å²) < 4.78 is 5.20. The molecule has 0 spiro atoms. The predicted octanol–water partition coefficient (Wildman–Crippen LogP) is 1.92. The Morgan fingerprint density at radius 1 is 1.24 bits per heavy atom. The SMILES string of the molecule is COc1cccc(-c2cc(C)nc(CN)n2)c1. The van der Waals surface area contributed by atoms with Gasteiger partial charge in [-0.3, -0.25) is 0 Å². The van der Waals surface area contributed by atoms with E-state index in [-0.39, 0.29) is 0 Å². The first-order valence-corrected chi connectivity index (χ1v) is 5.42. The molecule has 0 amide bonds. The second kappa shape index (κ2) is 4.93. The molecular formula is C13H15N3O. The van der Waals surface area contributed by atoms with Crippen LogP contribution >= 0.6 is 0 Å². The highest BCUT2D eigenvalue weighted by atomic mass is 16.5. The van der Waals surface area contributed by atoms with Crippen LogP contribution in [0.1, 0.15) is 11.5 Å². The molecule has 0 fully saturated rings. The van der Waals surface area contributed by atoms with Gasteiger partial charge < -0.3 is 10.5 Å². The van der Waals surface area contributed by atoms with Crippen molar-refractivity contribution in [3.05, 3.63) is 41.9 Å². The van der Waals surface area contributed by atoms with Crippen LogP contribution in [0.15, 0.2) is 30.3 Å². The van der Waals surface area contributed by atoms with E-state index in [4.69, 9.17) is 10.5 Å². The van der Waals surface area contributed by atoms with Crippen molar-refractivity contribution in [1.29, 1.82) is 0 Å². The number of hydrogen-bond donors (Lipinski definition) is 1. The lowest BCUT2D eigenvalue weighted by Gasteiger charge is -2.06. The molecule has 1 aromatic carbocycles. The van der Waals surface area contributed by atoms with Gasteiger partial charge in [-0.15, -0.1) is 0 Å². The van der Waals surface area contributed by atoms with Crippen LogP contribution in [0, 0.1) is 6.92 Å². The van der Waals surface area contributed by atoms with Crippen molar-refractivity contribution < 1.29 is 4.74 Å². The quantitative estimate of drug-likeness (QED) is 0.873. The van der Waals surface area contributed by atoms with Gasteiger partial charge in [0, 0.05) is 11.3 Å². The Bertz CT molecular complexity index is 526. The first-order chi connectivity index (χ1) is 8.22. The first-order valence-electron chi connectivity index (χ1n) is 5.42. The van der Waals surface area contributed by atoms with Crippen molar-refractivity contribution in [3.8, 4) is 17.0 Å². The second-order valence-corrected chi connectivity index (χ2v) is 3.75. The highest BCUT2D eigenvalue weighted by Crippen LogP contribution is 2.22. The van der Waals surface area contributed by atoms with E-state index in [0.717, 1.165) is 22.7 Å². The van der Waals surface area contributed by atoms with Crippen LogP contribution in [0.25, 0.3) is 11.3 Å². The Balaban J connectivity index is 2.47. The summed E-state index contributed by atoms with van der Waals surface area (Å²) >= 11 is 0. The Hall–Kier alpha value is -1.94. The lowest BCUT2D eigenvalue weighted by molar-refractivity contribution is 0.415. The molecule has 0 radical (unpaired) electrons. The number of hydrogen-bond acceptors (Lipinski definition) is 4. The highest BCUT2D eigenvalue weighted by Gasteiger charge is 2.04. The molecule has 0 aliphatic rings. The molecule has 0 saturated heterocycles. The van der Waals surface area contributed by atoms with Crippen molar-refractivity contribution in [1.82, 2.24) is 9.97 Å². The molecule has 0 atom stereocenters. The van der Waals surface area contributed by atoms with E-state index in [0.29, 0.717) is 12.4 Å². The Morgan fingerprint density at radius 2 is 2.06 bits per heavy atom. The van der Waals surface area contributed by atoms with Crippen molar-refractivity contribution in [2.45, 2.75) is 13.5 Å². The molecule has 88 valence electrons. The zero-order chi connectivity index (χ0) is 12.3. The molecule has 4 nitrogen and oxygen atoms in total. The van der Waals surface area contributed by atoms with E-state index in [1.54, 1.807) is 7.11 Å². The van der Waals surface area contributed by atoms with Gasteiger partial charge in [-0.25, -0.2) is 9.97 Å². The average molecular weight is 229 g/mol. The smallest absolute Gasteiger partial charge is 0.142 e. The van der Waals surface area contributed by atoms with Crippen molar-refractivity contribution in [3.63, 3.8) is 0 Å². The van der Waals surface area contributed by atoms with Gasteiger partial charge in [0.25, 0.3) is 0 Å². The molecule has 17 heavy (non-hydrogen) atoms. The van der Waals surface area contributed by atoms with Gasteiger partial charge in [-0.1, -0.05) is 12.1 Å². The zero-order valence-corrected chi connectivity index (χ0v) is 9.97. The third-order valence-electron chi connectivity index (χ3n) is 2.45. The lowest BCUT2D eigenvalue weighted by atomic mass is 10.1. The van der Waals surface area contributed by atoms with Crippen molar-refractivity contribution >= 4 is 0 Å². The topological polar surface area (TPSA) is 61.0 Å². The molecule has 2 N–H and O–H groups in total. The Morgan fingerprint density at radius 3 is 2.76 bits per heavy atom. The summed E-state index contributed by atoms with van der Waals surface area (Å²) in [5.41, 5.74) is 8.36. The molecule has 0 saturated carbocycles. The molecule has 1 heterocycles. The van der Waals surface area contributed by atoms with E-state index < -0.39 is 0 Å². The second-order valence-electron chi connectivity index (χ2n) is 3.75. The van der Waals surface area contributed by atoms with Gasteiger partial charge in [-0.05, 0) is 25.1 Å². The van der Waals surface area contributed by atoms with Crippen LogP contribution in [-0.2, 0) is 6.54 Å². The molecule has 0 aliphatic heterocycles. The molecule has 1 aromatic heterocycles. The lowest BCUT2D eigenvalue weighted by Crippen LogP contribution is -2.05. The van der Waals surface area contributed by atoms with Gasteiger partial charge in [0.2, 0.25) is 0 Å². The van der Waals surface area contributed by atoms with E-state index in [9.17, 15) is 0 Å². The number of rotatable bonds is 3. The standard InChI is InChI=1S/C13H15N3O/c1-9-6-12(16-13(8-14)15-9)10-4-3-5-11(7-10)17-2/h3-7H,8,14H2,1-2H3. The number of aromatic nitrogens is 2.